The Morgan fingerprint density at radius 2 is 0.605 bits per heavy atom. The van der Waals surface area contributed by atoms with E-state index < -0.39 is 0 Å². The van der Waals surface area contributed by atoms with E-state index in [-0.39, 0.29) is 12.7 Å². The highest BCUT2D eigenvalue weighted by molar-refractivity contribution is 4.56. The van der Waals surface area contributed by atoms with Crippen LogP contribution in [-0.2, 0) is 0 Å². The van der Waals surface area contributed by atoms with Gasteiger partial charge >= 0.3 is 0 Å². The second-order valence-corrected chi connectivity index (χ2v) is 14.0. The molecule has 0 aliphatic rings. The van der Waals surface area contributed by atoms with E-state index in [4.69, 9.17) is 5.11 Å². The van der Waals surface area contributed by atoms with Crippen LogP contribution in [0.1, 0.15) is 232 Å². The fourth-order valence-corrected chi connectivity index (χ4v) is 6.50. The summed E-state index contributed by atoms with van der Waals surface area (Å²) >= 11 is 0. The molecule has 0 aliphatic carbocycles. The summed E-state index contributed by atoms with van der Waals surface area (Å²) in [5.74, 6) is 0. The van der Waals surface area contributed by atoms with Crippen LogP contribution in [0.3, 0.4) is 0 Å². The number of hydrogen-bond donors (Lipinski definition) is 3. The highest BCUT2D eigenvalue weighted by Gasteiger charge is 2.02. The molecule has 0 aromatic heterocycles. The minimum absolute atomic E-state index is 0.109. The molecular weight excluding hydrogens is 526 g/mol. The summed E-state index contributed by atoms with van der Waals surface area (Å²) in [5.41, 5.74) is 0. The summed E-state index contributed by atoms with van der Waals surface area (Å²) in [6, 6.07) is 0. The first-order chi connectivity index (χ1) is 21.3. The molecule has 1 unspecified atom stereocenters. The summed E-state index contributed by atoms with van der Waals surface area (Å²) in [6.45, 7) is 4.86. The Kier molecular flexibility index (Phi) is 39.8. The van der Waals surface area contributed by atoms with Crippen molar-refractivity contribution in [1.82, 2.24) is 5.32 Å². The molecule has 0 amide bonds. The van der Waals surface area contributed by atoms with Gasteiger partial charge in [-0.3, -0.25) is 0 Å². The summed E-state index contributed by atoms with van der Waals surface area (Å²) in [7, 11) is 0. The Morgan fingerprint density at radius 3 is 0.884 bits per heavy atom. The molecule has 0 radical (unpaired) electrons. The smallest absolute Gasteiger partial charge is 0.0562 e. The maximum Gasteiger partial charge on any atom is 0.0562 e. The summed E-state index contributed by atoms with van der Waals surface area (Å²) in [4.78, 5) is 0. The first kappa shape index (κ1) is 42.9. The van der Waals surface area contributed by atoms with Gasteiger partial charge in [-0.15, -0.1) is 0 Å². The van der Waals surface area contributed by atoms with Crippen molar-refractivity contribution < 1.29 is 10.2 Å². The van der Waals surface area contributed by atoms with Gasteiger partial charge in [-0.2, -0.15) is 0 Å². The third-order valence-corrected chi connectivity index (χ3v) is 9.56. The van der Waals surface area contributed by atoms with E-state index >= 15 is 0 Å². The van der Waals surface area contributed by atoms with Crippen LogP contribution < -0.4 is 5.32 Å². The van der Waals surface area contributed by atoms with Crippen LogP contribution in [0.25, 0.3) is 0 Å². The molecule has 0 spiro atoms. The summed E-state index contributed by atoms with van der Waals surface area (Å²) < 4.78 is 0. The average Bonchev–Trinajstić information content (AvgIpc) is 3.01. The number of unbranched alkanes of at least 4 members (excludes halogenated alkanes) is 31. The van der Waals surface area contributed by atoms with Gasteiger partial charge in [0.25, 0.3) is 0 Å². The van der Waals surface area contributed by atoms with E-state index in [0.717, 1.165) is 12.8 Å². The average molecular weight is 610 g/mol. The van der Waals surface area contributed by atoms with Gasteiger partial charge in [-0.25, -0.2) is 0 Å². The van der Waals surface area contributed by atoms with E-state index in [1.54, 1.807) is 0 Å². The van der Waals surface area contributed by atoms with E-state index in [1.165, 1.54) is 219 Å². The van der Waals surface area contributed by atoms with Crippen LogP contribution >= 0.6 is 0 Å². The van der Waals surface area contributed by atoms with Crippen LogP contribution in [0.5, 0.6) is 0 Å². The SMILES string of the molecule is CCCCCCCCCCCCCCCCCCCCCCNCCCCCCCCCCCCCCCC(O)CCO. The molecule has 0 aromatic rings. The van der Waals surface area contributed by atoms with Crippen molar-refractivity contribution in [1.29, 1.82) is 0 Å². The zero-order chi connectivity index (χ0) is 31.2. The predicted molar refractivity (Wildman–Crippen MR) is 193 cm³/mol. The van der Waals surface area contributed by atoms with Gasteiger partial charge in [0.2, 0.25) is 0 Å². The van der Waals surface area contributed by atoms with Crippen LogP contribution in [0, 0.1) is 0 Å². The second kappa shape index (κ2) is 39.9. The van der Waals surface area contributed by atoms with Crippen LogP contribution in [0.4, 0.5) is 0 Å². The summed E-state index contributed by atoms with van der Waals surface area (Å²) in [5, 5.41) is 22.1. The van der Waals surface area contributed by atoms with Gasteiger partial charge in [-0.05, 0) is 38.8 Å². The van der Waals surface area contributed by atoms with Crippen LogP contribution in [-0.4, -0.2) is 36.0 Å². The van der Waals surface area contributed by atoms with Crippen molar-refractivity contribution in [2.45, 2.75) is 238 Å². The van der Waals surface area contributed by atoms with Gasteiger partial charge in [0.15, 0.2) is 0 Å². The summed E-state index contributed by atoms with van der Waals surface area (Å²) in [6.07, 6.45) is 47.9. The van der Waals surface area contributed by atoms with E-state index in [1.807, 2.05) is 0 Å². The third kappa shape index (κ3) is 39.9. The Labute approximate surface area is 272 Å². The number of aliphatic hydroxyl groups is 2. The lowest BCUT2D eigenvalue weighted by molar-refractivity contribution is 0.122. The molecule has 0 rings (SSSR count). The Morgan fingerprint density at radius 1 is 0.349 bits per heavy atom. The highest BCUT2D eigenvalue weighted by Crippen LogP contribution is 2.16. The lowest BCUT2D eigenvalue weighted by Gasteiger charge is -2.08. The molecular formula is C40H83NO2. The number of nitrogens with one attached hydrogen (secondary N) is 1. The fraction of sp³-hybridized carbons (Fsp3) is 1.00. The van der Waals surface area contributed by atoms with Gasteiger partial charge in [0.05, 0.1) is 6.10 Å². The first-order valence-corrected chi connectivity index (χ1v) is 20.3. The molecule has 3 nitrogen and oxygen atoms in total. The monoisotopic (exact) mass is 610 g/mol. The van der Waals surface area contributed by atoms with Crippen LogP contribution in [0.15, 0.2) is 0 Å². The number of aliphatic hydroxyl groups excluding tert-OH is 2. The van der Waals surface area contributed by atoms with Gasteiger partial charge < -0.3 is 15.5 Å². The normalized spacial score (nSPS) is 12.3. The maximum atomic E-state index is 9.61. The molecule has 0 bridgehead atoms. The van der Waals surface area contributed by atoms with Crippen LogP contribution in [0.2, 0.25) is 0 Å². The van der Waals surface area contributed by atoms with Crippen molar-refractivity contribution in [2.75, 3.05) is 19.7 Å². The lowest BCUT2D eigenvalue weighted by atomic mass is 10.0. The van der Waals surface area contributed by atoms with Crippen molar-refractivity contribution in [3.05, 3.63) is 0 Å². The molecule has 3 N–H and O–H groups in total. The molecule has 0 aromatic carbocycles. The second-order valence-electron chi connectivity index (χ2n) is 14.0. The Hall–Kier alpha value is -0.120. The van der Waals surface area contributed by atoms with Crippen molar-refractivity contribution in [2.24, 2.45) is 0 Å². The zero-order valence-electron chi connectivity index (χ0n) is 29.8. The number of hydrogen-bond acceptors (Lipinski definition) is 3. The largest absolute Gasteiger partial charge is 0.396 e. The quantitative estimate of drug-likeness (QED) is 0.0608. The maximum absolute atomic E-state index is 9.61. The van der Waals surface area contributed by atoms with Crippen molar-refractivity contribution >= 4 is 0 Å². The predicted octanol–water partition coefficient (Wildman–Crippen LogP) is 12.6. The van der Waals surface area contributed by atoms with E-state index in [9.17, 15) is 5.11 Å². The lowest BCUT2D eigenvalue weighted by Crippen LogP contribution is -2.16. The highest BCUT2D eigenvalue weighted by atomic mass is 16.3. The molecule has 260 valence electrons. The minimum atomic E-state index is -0.292. The van der Waals surface area contributed by atoms with Gasteiger partial charge in [0.1, 0.15) is 0 Å². The Bertz CT molecular complexity index is 471. The molecule has 0 aliphatic heterocycles. The van der Waals surface area contributed by atoms with Crippen molar-refractivity contribution in [3.63, 3.8) is 0 Å². The topological polar surface area (TPSA) is 52.5 Å². The third-order valence-electron chi connectivity index (χ3n) is 9.56. The first-order valence-electron chi connectivity index (χ1n) is 20.3. The standard InChI is InChI=1S/C40H83NO2/c1-2-3-4-5-6-7-8-9-10-11-12-13-14-15-18-21-24-27-30-33-37-41-38-34-31-28-25-22-19-16-17-20-23-26-29-32-35-40(43)36-39-42/h40-43H,2-39H2,1H3. The molecule has 1 atom stereocenters. The Balaban J connectivity index is 3.05. The zero-order valence-corrected chi connectivity index (χ0v) is 29.8. The van der Waals surface area contributed by atoms with Gasteiger partial charge in [-0.1, -0.05) is 206 Å². The number of rotatable bonds is 39. The molecule has 0 saturated heterocycles. The molecule has 0 fully saturated rings. The van der Waals surface area contributed by atoms with E-state index in [0.29, 0.717) is 6.42 Å². The molecule has 0 heterocycles. The molecule has 0 saturated carbocycles. The van der Waals surface area contributed by atoms with Crippen molar-refractivity contribution in [3.8, 4) is 0 Å². The molecule has 43 heavy (non-hydrogen) atoms. The van der Waals surface area contributed by atoms with E-state index in [2.05, 4.69) is 12.2 Å². The molecule has 3 heteroatoms. The van der Waals surface area contributed by atoms with Gasteiger partial charge in [0, 0.05) is 6.61 Å². The minimum Gasteiger partial charge on any atom is -0.396 e. The fourth-order valence-electron chi connectivity index (χ4n) is 6.50.